The van der Waals surface area contributed by atoms with Gasteiger partial charge in [-0.15, -0.1) is 0 Å². The molecule has 0 aliphatic rings. The maximum atomic E-state index is 8.79. The Balaban J connectivity index is 3.54. The first kappa shape index (κ1) is 13.7. The first-order valence-corrected chi connectivity index (χ1v) is 5.80. The minimum absolute atomic E-state index is 0.335. The zero-order chi connectivity index (χ0) is 11.0. The van der Waals surface area contributed by atoms with Gasteiger partial charge in [-0.25, -0.2) is 0 Å². The summed E-state index contributed by atoms with van der Waals surface area (Å²) in [7, 11) is 0. The Kier molecular flexibility index (Phi) is 7.87. The highest BCUT2D eigenvalue weighted by molar-refractivity contribution is 4.92. The van der Waals surface area contributed by atoms with Crippen LogP contribution in [0.5, 0.6) is 0 Å². The van der Waals surface area contributed by atoms with Gasteiger partial charge in [0.1, 0.15) is 0 Å². The quantitative estimate of drug-likeness (QED) is 0.617. The van der Waals surface area contributed by atoms with E-state index in [1.165, 1.54) is 24.8 Å². The van der Waals surface area contributed by atoms with E-state index in [-0.39, 0.29) is 0 Å². The van der Waals surface area contributed by atoms with Crippen LogP contribution < -0.4 is 0 Å². The highest BCUT2D eigenvalue weighted by Gasteiger charge is 2.07. The van der Waals surface area contributed by atoms with E-state index < -0.39 is 0 Å². The second-order valence-electron chi connectivity index (χ2n) is 4.82. The largest absolute Gasteiger partial charge is 0.396 e. The van der Waals surface area contributed by atoms with Crippen molar-refractivity contribution in [2.75, 3.05) is 6.61 Å². The molecule has 0 aromatic rings. The molecule has 1 nitrogen and oxygen atoms in total. The Hall–Kier alpha value is -0.300. The molecule has 2 unspecified atom stereocenters. The van der Waals surface area contributed by atoms with Crippen LogP contribution in [0.4, 0.5) is 0 Å². The van der Waals surface area contributed by atoms with E-state index in [0.717, 1.165) is 12.3 Å². The molecule has 2 atom stereocenters. The number of rotatable bonds is 7. The van der Waals surface area contributed by atoms with Crippen LogP contribution in [0.2, 0.25) is 0 Å². The summed E-state index contributed by atoms with van der Waals surface area (Å²) in [5.41, 5.74) is 1.42. The average Bonchev–Trinajstić information content (AvgIpc) is 2.03. The topological polar surface area (TPSA) is 20.2 Å². The lowest BCUT2D eigenvalue weighted by Crippen LogP contribution is -2.04. The fourth-order valence-electron chi connectivity index (χ4n) is 1.80. The molecule has 0 aromatic carbocycles. The summed E-state index contributed by atoms with van der Waals surface area (Å²) in [6.45, 7) is 9.18. The van der Waals surface area contributed by atoms with Crippen LogP contribution in [0.3, 0.4) is 0 Å². The van der Waals surface area contributed by atoms with Crippen molar-refractivity contribution in [3.8, 4) is 0 Å². The van der Waals surface area contributed by atoms with Gasteiger partial charge in [0.05, 0.1) is 0 Å². The lowest BCUT2D eigenvalue weighted by Gasteiger charge is -2.15. The van der Waals surface area contributed by atoms with Gasteiger partial charge in [0, 0.05) is 6.61 Å². The third-order valence-corrected chi connectivity index (χ3v) is 2.64. The van der Waals surface area contributed by atoms with Gasteiger partial charge in [0.25, 0.3) is 0 Å². The minimum Gasteiger partial charge on any atom is -0.396 e. The molecule has 0 aromatic heterocycles. The van der Waals surface area contributed by atoms with Gasteiger partial charge in [-0.3, -0.25) is 0 Å². The van der Waals surface area contributed by atoms with Crippen molar-refractivity contribution in [1.82, 2.24) is 0 Å². The normalized spacial score (nSPS) is 14.9. The lowest BCUT2D eigenvalue weighted by atomic mass is 9.91. The summed E-state index contributed by atoms with van der Waals surface area (Å²) >= 11 is 0. The smallest absolute Gasteiger partial charge is 0.0433 e. The van der Waals surface area contributed by atoms with E-state index in [9.17, 15) is 0 Å². The number of aliphatic hydroxyl groups excluding tert-OH is 1. The molecule has 0 bridgehead atoms. The summed E-state index contributed by atoms with van der Waals surface area (Å²) in [5, 5.41) is 8.79. The predicted octanol–water partition coefficient (Wildman–Crippen LogP) is 3.78. The van der Waals surface area contributed by atoms with E-state index in [1.807, 2.05) is 0 Å². The zero-order valence-electron chi connectivity index (χ0n) is 10.2. The van der Waals surface area contributed by atoms with Crippen LogP contribution >= 0.6 is 0 Å². The van der Waals surface area contributed by atoms with Crippen molar-refractivity contribution in [3.63, 3.8) is 0 Å². The van der Waals surface area contributed by atoms with Crippen LogP contribution in [0.15, 0.2) is 11.6 Å². The van der Waals surface area contributed by atoms with E-state index in [1.54, 1.807) is 0 Å². The van der Waals surface area contributed by atoms with Gasteiger partial charge >= 0.3 is 0 Å². The second-order valence-corrected chi connectivity index (χ2v) is 4.82. The molecule has 0 rings (SSSR count). The highest BCUT2D eigenvalue weighted by Crippen LogP contribution is 2.19. The average molecular weight is 198 g/mol. The molecular formula is C13H26O. The standard InChI is InChI=1S/C13H26O/c1-11(2)6-5-7-12(3)10-13(4)8-9-14/h6,12-14H,5,7-10H2,1-4H3. The van der Waals surface area contributed by atoms with Crippen LogP contribution in [-0.4, -0.2) is 11.7 Å². The Morgan fingerprint density at radius 2 is 1.71 bits per heavy atom. The first-order valence-electron chi connectivity index (χ1n) is 5.80. The molecule has 84 valence electrons. The van der Waals surface area contributed by atoms with E-state index in [2.05, 4.69) is 33.8 Å². The molecule has 0 heterocycles. The van der Waals surface area contributed by atoms with Crippen molar-refractivity contribution in [1.29, 1.82) is 0 Å². The van der Waals surface area contributed by atoms with Crippen LogP contribution in [-0.2, 0) is 0 Å². The van der Waals surface area contributed by atoms with Gasteiger partial charge in [0.15, 0.2) is 0 Å². The molecule has 0 saturated heterocycles. The molecule has 0 aliphatic carbocycles. The summed E-state index contributed by atoms with van der Waals surface area (Å²) in [6.07, 6.45) is 6.99. The van der Waals surface area contributed by atoms with E-state index in [4.69, 9.17) is 5.11 Å². The van der Waals surface area contributed by atoms with E-state index >= 15 is 0 Å². The van der Waals surface area contributed by atoms with Crippen LogP contribution in [0.25, 0.3) is 0 Å². The molecule has 1 N–H and O–H groups in total. The Bertz CT molecular complexity index is 157. The highest BCUT2D eigenvalue weighted by atomic mass is 16.3. The van der Waals surface area contributed by atoms with Crippen molar-refractivity contribution >= 4 is 0 Å². The Morgan fingerprint density at radius 1 is 1.14 bits per heavy atom. The summed E-state index contributed by atoms with van der Waals surface area (Å²) in [4.78, 5) is 0. The monoisotopic (exact) mass is 198 g/mol. The van der Waals surface area contributed by atoms with Crippen LogP contribution in [0.1, 0.15) is 53.4 Å². The van der Waals surface area contributed by atoms with Gasteiger partial charge in [0.2, 0.25) is 0 Å². The van der Waals surface area contributed by atoms with Crippen molar-refractivity contribution < 1.29 is 5.11 Å². The molecule has 1 heteroatoms. The molecule has 0 fully saturated rings. The molecule has 0 spiro atoms. The fourth-order valence-corrected chi connectivity index (χ4v) is 1.80. The van der Waals surface area contributed by atoms with Gasteiger partial charge in [-0.1, -0.05) is 25.5 Å². The summed E-state index contributed by atoms with van der Waals surface area (Å²) in [5.74, 6) is 1.45. The zero-order valence-corrected chi connectivity index (χ0v) is 10.2. The van der Waals surface area contributed by atoms with Crippen LogP contribution in [0, 0.1) is 11.8 Å². The van der Waals surface area contributed by atoms with Gasteiger partial charge in [-0.05, 0) is 51.4 Å². The molecule has 0 amide bonds. The fraction of sp³-hybridized carbons (Fsp3) is 0.846. The predicted molar refractivity (Wildman–Crippen MR) is 63.3 cm³/mol. The number of aliphatic hydroxyl groups is 1. The molecular weight excluding hydrogens is 172 g/mol. The van der Waals surface area contributed by atoms with E-state index in [0.29, 0.717) is 12.5 Å². The van der Waals surface area contributed by atoms with Crippen molar-refractivity contribution in [3.05, 3.63) is 11.6 Å². The molecule has 0 radical (unpaired) electrons. The van der Waals surface area contributed by atoms with Gasteiger partial charge in [-0.2, -0.15) is 0 Å². The first-order chi connectivity index (χ1) is 6.56. The minimum atomic E-state index is 0.335. The Labute approximate surface area is 89.2 Å². The molecule has 0 saturated carbocycles. The maximum Gasteiger partial charge on any atom is 0.0433 e. The SMILES string of the molecule is CC(C)=CCCC(C)CC(C)CCO. The van der Waals surface area contributed by atoms with Crippen molar-refractivity contribution in [2.24, 2.45) is 11.8 Å². The maximum absolute atomic E-state index is 8.79. The number of allylic oxidation sites excluding steroid dienone is 2. The third kappa shape index (κ3) is 8.31. The van der Waals surface area contributed by atoms with Gasteiger partial charge < -0.3 is 5.11 Å². The molecule has 14 heavy (non-hydrogen) atoms. The summed E-state index contributed by atoms with van der Waals surface area (Å²) < 4.78 is 0. The lowest BCUT2D eigenvalue weighted by molar-refractivity contribution is 0.247. The summed E-state index contributed by atoms with van der Waals surface area (Å²) in [6, 6.07) is 0. The molecule has 0 aliphatic heterocycles. The second kappa shape index (κ2) is 8.05. The number of hydrogen-bond acceptors (Lipinski definition) is 1. The Morgan fingerprint density at radius 3 is 2.21 bits per heavy atom. The van der Waals surface area contributed by atoms with Crippen molar-refractivity contribution in [2.45, 2.75) is 53.4 Å². The number of hydrogen-bond donors (Lipinski definition) is 1. The third-order valence-electron chi connectivity index (χ3n) is 2.64.